The van der Waals surface area contributed by atoms with Crippen LogP contribution in [0.1, 0.15) is 25.7 Å². The van der Waals surface area contributed by atoms with Gasteiger partial charge in [0.1, 0.15) is 6.10 Å². The molecule has 2 N–H and O–H groups in total. The van der Waals surface area contributed by atoms with Gasteiger partial charge in [-0.05, 0) is 30.9 Å². The average Bonchev–Trinajstić information content (AvgIpc) is 3.27. The highest BCUT2D eigenvalue weighted by Gasteiger charge is 2.30. The number of nitrogens with one attached hydrogen (secondary N) is 1. The van der Waals surface area contributed by atoms with E-state index in [0.717, 1.165) is 31.4 Å². The topological polar surface area (TPSA) is 82.1 Å². The standard InChI is InChI=1S/C21H31N3O4/c1-23(17-9-3-2-4-10-17)15-19(25)24-11-12-28-18(14-24)13-22-21(27)20(26)16-7-5-6-8-16/h2-4,9-10,16,18,20,26H,5-8,11-15H2,1H3,(H,22,27)/t18?,20-/m0/s1. The summed E-state index contributed by atoms with van der Waals surface area (Å²) < 4.78 is 5.70. The molecule has 1 saturated carbocycles. The van der Waals surface area contributed by atoms with E-state index in [9.17, 15) is 14.7 Å². The van der Waals surface area contributed by atoms with Crippen LogP contribution in [0.15, 0.2) is 30.3 Å². The first-order valence-corrected chi connectivity index (χ1v) is 10.2. The Labute approximate surface area is 166 Å². The minimum Gasteiger partial charge on any atom is -0.383 e. The quantitative estimate of drug-likeness (QED) is 0.728. The van der Waals surface area contributed by atoms with Crippen molar-refractivity contribution in [1.82, 2.24) is 10.2 Å². The van der Waals surface area contributed by atoms with E-state index in [0.29, 0.717) is 32.8 Å². The van der Waals surface area contributed by atoms with E-state index in [1.807, 2.05) is 42.3 Å². The number of amides is 2. The van der Waals surface area contributed by atoms with E-state index in [2.05, 4.69) is 5.32 Å². The number of rotatable bonds is 7. The van der Waals surface area contributed by atoms with Crippen molar-refractivity contribution in [2.24, 2.45) is 5.92 Å². The zero-order valence-electron chi connectivity index (χ0n) is 16.5. The molecule has 28 heavy (non-hydrogen) atoms. The van der Waals surface area contributed by atoms with Gasteiger partial charge in [0, 0.05) is 32.4 Å². The Bertz CT molecular complexity index is 648. The van der Waals surface area contributed by atoms with E-state index >= 15 is 0 Å². The maximum Gasteiger partial charge on any atom is 0.249 e. The summed E-state index contributed by atoms with van der Waals surface area (Å²) in [4.78, 5) is 28.5. The molecule has 0 bridgehead atoms. The molecule has 3 rings (SSSR count). The van der Waals surface area contributed by atoms with Crippen LogP contribution in [-0.2, 0) is 14.3 Å². The number of anilines is 1. The second-order valence-electron chi connectivity index (χ2n) is 7.76. The van der Waals surface area contributed by atoms with Crippen molar-refractivity contribution in [3.63, 3.8) is 0 Å². The van der Waals surface area contributed by atoms with E-state index in [1.165, 1.54) is 0 Å². The normalized spacial score (nSPS) is 21.4. The number of aliphatic hydroxyl groups excluding tert-OH is 1. The summed E-state index contributed by atoms with van der Waals surface area (Å²) in [5.41, 5.74) is 0.994. The van der Waals surface area contributed by atoms with Crippen LogP contribution < -0.4 is 10.2 Å². The van der Waals surface area contributed by atoms with Gasteiger partial charge in [-0.25, -0.2) is 0 Å². The highest BCUT2D eigenvalue weighted by Crippen LogP contribution is 2.27. The van der Waals surface area contributed by atoms with E-state index < -0.39 is 6.10 Å². The Kier molecular flexibility index (Phi) is 7.28. The second kappa shape index (κ2) is 9.89. The maximum absolute atomic E-state index is 12.6. The summed E-state index contributed by atoms with van der Waals surface area (Å²) in [7, 11) is 1.90. The smallest absolute Gasteiger partial charge is 0.249 e. The molecular weight excluding hydrogens is 358 g/mol. The first kappa shape index (κ1) is 20.6. The van der Waals surface area contributed by atoms with Crippen molar-refractivity contribution in [1.29, 1.82) is 0 Å². The highest BCUT2D eigenvalue weighted by atomic mass is 16.5. The number of para-hydroxylation sites is 1. The number of hydrogen-bond acceptors (Lipinski definition) is 5. The lowest BCUT2D eigenvalue weighted by Gasteiger charge is -2.34. The lowest BCUT2D eigenvalue weighted by atomic mass is 10.0. The third kappa shape index (κ3) is 5.45. The van der Waals surface area contributed by atoms with Crippen LogP contribution in [-0.4, -0.2) is 73.9 Å². The molecule has 1 unspecified atom stereocenters. The SMILES string of the molecule is CN(CC(=O)N1CCOC(CNC(=O)[C@@H](O)C2CCCC2)C1)c1ccccc1. The largest absolute Gasteiger partial charge is 0.383 e. The monoisotopic (exact) mass is 389 g/mol. The van der Waals surface area contributed by atoms with Crippen LogP contribution in [0.25, 0.3) is 0 Å². The summed E-state index contributed by atoms with van der Waals surface area (Å²) in [6.07, 6.45) is 2.78. The molecule has 7 heteroatoms. The fourth-order valence-corrected chi connectivity index (χ4v) is 3.95. The van der Waals surface area contributed by atoms with Crippen LogP contribution >= 0.6 is 0 Å². The van der Waals surface area contributed by atoms with Gasteiger partial charge in [0.2, 0.25) is 11.8 Å². The molecule has 2 amide bonds. The summed E-state index contributed by atoms with van der Waals surface area (Å²) in [5, 5.41) is 13.0. The van der Waals surface area contributed by atoms with Crippen molar-refractivity contribution in [2.75, 3.05) is 44.7 Å². The Morgan fingerprint density at radius 1 is 1.29 bits per heavy atom. The molecule has 2 fully saturated rings. The third-order valence-corrected chi connectivity index (χ3v) is 5.68. The predicted molar refractivity (Wildman–Crippen MR) is 107 cm³/mol. The van der Waals surface area contributed by atoms with Gasteiger partial charge in [-0.15, -0.1) is 0 Å². The Hall–Kier alpha value is -2.12. The van der Waals surface area contributed by atoms with Crippen LogP contribution in [0, 0.1) is 5.92 Å². The lowest BCUT2D eigenvalue weighted by Crippen LogP contribution is -2.52. The van der Waals surface area contributed by atoms with Crippen LogP contribution in [0.2, 0.25) is 0 Å². The van der Waals surface area contributed by atoms with Crippen molar-refractivity contribution >= 4 is 17.5 Å². The number of morpholine rings is 1. The van der Waals surface area contributed by atoms with Gasteiger partial charge in [0.25, 0.3) is 0 Å². The molecule has 2 aliphatic rings. The number of nitrogens with zero attached hydrogens (tertiary/aromatic N) is 2. The molecule has 154 valence electrons. The first-order chi connectivity index (χ1) is 13.5. The van der Waals surface area contributed by atoms with E-state index in [1.54, 1.807) is 4.90 Å². The van der Waals surface area contributed by atoms with Crippen molar-refractivity contribution < 1.29 is 19.4 Å². The van der Waals surface area contributed by atoms with Crippen molar-refractivity contribution in [3.05, 3.63) is 30.3 Å². The summed E-state index contributed by atoms with van der Waals surface area (Å²) in [6.45, 7) is 2.05. The zero-order valence-corrected chi connectivity index (χ0v) is 16.5. The van der Waals surface area contributed by atoms with Gasteiger partial charge >= 0.3 is 0 Å². The van der Waals surface area contributed by atoms with Crippen molar-refractivity contribution in [2.45, 2.75) is 37.9 Å². The molecule has 1 aromatic rings. The number of hydrogen-bond donors (Lipinski definition) is 2. The summed E-state index contributed by atoms with van der Waals surface area (Å²) >= 11 is 0. The highest BCUT2D eigenvalue weighted by molar-refractivity contribution is 5.82. The molecular formula is C21H31N3O4. The Balaban J connectivity index is 1.44. The van der Waals surface area contributed by atoms with Crippen LogP contribution in [0.3, 0.4) is 0 Å². The van der Waals surface area contributed by atoms with Gasteiger partial charge in [0.15, 0.2) is 0 Å². The number of ether oxygens (including phenoxy) is 1. The Morgan fingerprint density at radius 3 is 2.71 bits per heavy atom. The lowest BCUT2D eigenvalue weighted by molar-refractivity contribution is -0.138. The zero-order chi connectivity index (χ0) is 19.9. The van der Waals surface area contributed by atoms with Crippen LogP contribution in [0.4, 0.5) is 5.69 Å². The van der Waals surface area contributed by atoms with Gasteiger partial charge < -0.3 is 25.0 Å². The predicted octanol–water partition coefficient (Wildman–Crippen LogP) is 1.02. The van der Waals surface area contributed by atoms with Gasteiger partial charge in [0.05, 0.1) is 19.3 Å². The molecule has 1 saturated heterocycles. The molecule has 0 aromatic heterocycles. The van der Waals surface area contributed by atoms with Gasteiger partial charge in [-0.3, -0.25) is 9.59 Å². The molecule has 1 heterocycles. The van der Waals surface area contributed by atoms with Crippen molar-refractivity contribution in [3.8, 4) is 0 Å². The van der Waals surface area contributed by atoms with E-state index in [4.69, 9.17) is 4.74 Å². The van der Waals surface area contributed by atoms with Gasteiger partial charge in [-0.1, -0.05) is 31.0 Å². The number of likely N-dealkylation sites (N-methyl/N-ethyl adjacent to an activating group) is 1. The molecule has 1 aliphatic carbocycles. The molecule has 7 nitrogen and oxygen atoms in total. The maximum atomic E-state index is 12.6. The average molecular weight is 389 g/mol. The number of carbonyl (C=O) groups excluding carboxylic acids is 2. The second-order valence-corrected chi connectivity index (χ2v) is 7.76. The molecule has 1 aliphatic heterocycles. The fourth-order valence-electron chi connectivity index (χ4n) is 3.95. The van der Waals surface area contributed by atoms with E-state index in [-0.39, 0.29) is 23.8 Å². The van der Waals surface area contributed by atoms with Crippen LogP contribution in [0.5, 0.6) is 0 Å². The number of benzene rings is 1. The third-order valence-electron chi connectivity index (χ3n) is 5.68. The summed E-state index contributed by atoms with van der Waals surface area (Å²) in [5.74, 6) is -0.224. The number of carbonyl (C=O) groups is 2. The fraction of sp³-hybridized carbons (Fsp3) is 0.619. The summed E-state index contributed by atoms with van der Waals surface area (Å²) in [6, 6.07) is 9.79. The van der Waals surface area contributed by atoms with Gasteiger partial charge in [-0.2, -0.15) is 0 Å². The Morgan fingerprint density at radius 2 is 2.00 bits per heavy atom. The minimum absolute atomic E-state index is 0.0389. The molecule has 0 spiro atoms. The minimum atomic E-state index is -0.941. The first-order valence-electron chi connectivity index (χ1n) is 10.2. The number of aliphatic hydroxyl groups is 1. The molecule has 1 aromatic carbocycles. The molecule has 2 atom stereocenters. The molecule has 0 radical (unpaired) electrons.